The van der Waals surface area contributed by atoms with E-state index in [0.29, 0.717) is 5.95 Å². The maximum atomic E-state index is 9.65. The van der Waals surface area contributed by atoms with Gasteiger partial charge in [0.1, 0.15) is 5.82 Å². The largest absolute Gasteiger partial charge is 0.493 e. The molecule has 1 atom stereocenters. The number of ether oxygens (including phenoxy) is 2. The van der Waals surface area contributed by atoms with Crippen molar-refractivity contribution in [2.45, 2.75) is 46.2 Å². The van der Waals surface area contributed by atoms with E-state index in [-0.39, 0.29) is 18.6 Å². The van der Waals surface area contributed by atoms with Gasteiger partial charge in [0.05, 0.1) is 26.9 Å². The second-order valence-corrected chi connectivity index (χ2v) is 7.72. The van der Waals surface area contributed by atoms with Gasteiger partial charge in [-0.3, -0.25) is 0 Å². The quantitative estimate of drug-likeness (QED) is 0.705. The maximum absolute atomic E-state index is 9.65. The summed E-state index contributed by atoms with van der Waals surface area (Å²) < 4.78 is 10.9. The molecule has 0 radical (unpaired) electrons. The Balaban J connectivity index is 1.88. The van der Waals surface area contributed by atoms with Gasteiger partial charge >= 0.3 is 0 Å². The lowest BCUT2D eigenvalue weighted by Gasteiger charge is -2.31. The van der Waals surface area contributed by atoms with Crippen molar-refractivity contribution in [3.8, 4) is 11.5 Å². The summed E-state index contributed by atoms with van der Waals surface area (Å²) in [5.41, 5.74) is 3.48. The highest BCUT2D eigenvalue weighted by atomic mass is 16.5. The molecular formula is C22H32N4O3. The van der Waals surface area contributed by atoms with Gasteiger partial charge in [0.2, 0.25) is 5.95 Å². The molecule has 0 bridgehead atoms. The molecule has 0 amide bonds. The lowest BCUT2D eigenvalue weighted by atomic mass is 9.98. The van der Waals surface area contributed by atoms with Gasteiger partial charge in [-0.05, 0) is 42.0 Å². The van der Waals surface area contributed by atoms with Crippen molar-refractivity contribution in [1.82, 2.24) is 9.97 Å². The number of fused-ring (bicyclic) bond motifs is 1. The van der Waals surface area contributed by atoms with Crippen molar-refractivity contribution in [3.63, 3.8) is 0 Å². The van der Waals surface area contributed by atoms with Crippen LogP contribution in [0.2, 0.25) is 0 Å². The van der Waals surface area contributed by atoms with E-state index in [1.807, 2.05) is 0 Å². The summed E-state index contributed by atoms with van der Waals surface area (Å²) in [4.78, 5) is 11.6. The van der Waals surface area contributed by atoms with Gasteiger partial charge < -0.3 is 24.8 Å². The highest BCUT2D eigenvalue weighted by molar-refractivity contribution is 5.53. The van der Waals surface area contributed by atoms with Crippen molar-refractivity contribution in [1.29, 1.82) is 0 Å². The van der Waals surface area contributed by atoms with E-state index >= 15 is 0 Å². The van der Waals surface area contributed by atoms with Crippen LogP contribution in [-0.4, -0.2) is 48.5 Å². The Kier molecular flexibility index (Phi) is 6.79. The first-order valence-corrected chi connectivity index (χ1v) is 10.2. The fraction of sp³-hybridized carbons (Fsp3) is 0.545. The summed E-state index contributed by atoms with van der Waals surface area (Å²) in [7, 11) is 3.32. The van der Waals surface area contributed by atoms with Crippen molar-refractivity contribution in [2.24, 2.45) is 5.92 Å². The topological polar surface area (TPSA) is 79.7 Å². The standard InChI is InChI=1S/C22H32N4O3/c1-6-17-11-21(25-22(23-17)24-18(13-27)14(2)3)26-8-7-15-9-19(28-4)20(29-5)10-16(15)12-26/h9-11,14,18,27H,6-8,12-13H2,1-5H3,(H,23,24,25)/t18-/m1/s1. The number of benzene rings is 1. The highest BCUT2D eigenvalue weighted by Crippen LogP contribution is 2.34. The molecule has 0 saturated carbocycles. The minimum Gasteiger partial charge on any atom is -0.493 e. The minimum atomic E-state index is -0.0752. The number of methoxy groups -OCH3 is 2. The van der Waals surface area contributed by atoms with Crippen LogP contribution >= 0.6 is 0 Å². The van der Waals surface area contributed by atoms with Gasteiger partial charge in [0, 0.05) is 24.8 Å². The van der Waals surface area contributed by atoms with Crippen LogP contribution in [0, 0.1) is 5.92 Å². The molecule has 1 aromatic heterocycles. The van der Waals surface area contributed by atoms with E-state index in [0.717, 1.165) is 48.9 Å². The van der Waals surface area contributed by atoms with E-state index in [2.05, 4.69) is 54.2 Å². The second-order valence-electron chi connectivity index (χ2n) is 7.72. The Bertz CT molecular complexity index is 841. The fourth-order valence-corrected chi connectivity index (χ4v) is 3.56. The molecule has 2 N–H and O–H groups in total. The summed E-state index contributed by atoms with van der Waals surface area (Å²) in [5.74, 6) is 3.27. The molecule has 3 rings (SSSR count). The zero-order valence-electron chi connectivity index (χ0n) is 18.0. The summed E-state index contributed by atoms with van der Waals surface area (Å²) in [6.45, 7) is 7.90. The SMILES string of the molecule is CCc1cc(N2CCc3cc(OC)c(OC)cc3C2)nc(N[C@H](CO)C(C)C)n1. The van der Waals surface area contributed by atoms with Crippen LogP contribution < -0.4 is 19.7 Å². The molecular weight excluding hydrogens is 368 g/mol. The zero-order chi connectivity index (χ0) is 21.0. The Labute approximate surface area is 173 Å². The first kappa shape index (κ1) is 21.2. The summed E-state index contributed by atoms with van der Waals surface area (Å²) >= 11 is 0. The van der Waals surface area contributed by atoms with Gasteiger partial charge in [-0.1, -0.05) is 20.8 Å². The number of nitrogens with one attached hydrogen (secondary N) is 1. The van der Waals surface area contributed by atoms with Crippen molar-refractivity contribution in [3.05, 3.63) is 35.0 Å². The third-order valence-electron chi connectivity index (χ3n) is 5.49. The van der Waals surface area contributed by atoms with E-state index in [4.69, 9.17) is 14.5 Å². The highest BCUT2D eigenvalue weighted by Gasteiger charge is 2.22. The van der Waals surface area contributed by atoms with Gasteiger partial charge in [-0.15, -0.1) is 0 Å². The predicted molar refractivity (Wildman–Crippen MR) is 115 cm³/mol. The number of nitrogens with zero attached hydrogens (tertiary/aromatic N) is 3. The first-order valence-electron chi connectivity index (χ1n) is 10.2. The number of rotatable bonds is 8. The average molecular weight is 401 g/mol. The van der Waals surface area contributed by atoms with E-state index in [1.165, 1.54) is 11.1 Å². The first-order chi connectivity index (χ1) is 14.0. The van der Waals surface area contributed by atoms with Crippen LogP contribution in [0.15, 0.2) is 18.2 Å². The van der Waals surface area contributed by atoms with Crippen LogP contribution in [0.5, 0.6) is 11.5 Å². The number of aromatic nitrogens is 2. The second kappa shape index (κ2) is 9.31. The lowest BCUT2D eigenvalue weighted by Crippen LogP contribution is -2.33. The van der Waals surface area contributed by atoms with E-state index in [9.17, 15) is 5.11 Å². The normalized spacial score (nSPS) is 14.5. The molecule has 1 aliphatic heterocycles. The summed E-state index contributed by atoms with van der Waals surface area (Å²) in [6.07, 6.45) is 1.74. The fourth-order valence-electron chi connectivity index (χ4n) is 3.56. The Hall–Kier alpha value is -2.54. The molecule has 7 heteroatoms. The Morgan fingerprint density at radius 3 is 2.38 bits per heavy atom. The monoisotopic (exact) mass is 400 g/mol. The van der Waals surface area contributed by atoms with Crippen molar-refractivity contribution < 1.29 is 14.6 Å². The van der Waals surface area contributed by atoms with E-state index in [1.54, 1.807) is 14.2 Å². The number of hydrogen-bond acceptors (Lipinski definition) is 7. The maximum Gasteiger partial charge on any atom is 0.225 e. The van der Waals surface area contributed by atoms with Crippen LogP contribution in [0.3, 0.4) is 0 Å². The number of hydrogen-bond donors (Lipinski definition) is 2. The van der Waals surface area contributed by atoms with Gasteiger partial charge in [-0.25, -0.2) is 4.98 Å². The van der Waals surface area contributed by atoms with Gasteiger partial charge in [-0.2, -0.15) is 4.98 Å². The molecule has 0 saturated heterocycles. The molecule has 0 unspecified atom stereocenters. The molecule has 1 aromatic carbocycles. The number of anilines is 2. The Morgan fingerprint density at radius 2 is 1.79 bits per heavy atom. The molecule has 0 aliphatic carbocycles. The van der Waals surface area contributed by atoms with Gasteiger partial charge in [0.15, 0.2) is 11.5 Å². The molecule has 1 aliphatic rings. The third-order valence-corrected chi connectivity index (χ3v) is 5.49. The van der Waals surface area contributed by atoms with Crippen molar-refractivity contribution in [2.75, 3.05) is 37.6 Å². The van der Waals surface area contributed by atoms with Crippen LogP contribution in [0.1, 0.15) is 37.6 Å². The predicted octanol–water partition coefficient (Wildman–Crippen LogP) is 3.05. The van der Waals surface area contributed by atoms with Crippen LogP contribution in [0.25, 0.3) is 0 Å². The molecule has 7 nitrogen and oxygen atoms in total. The van der Waals surface area contributed by atoms with Crippen LogP contribution in [0.4, 0.5) is 11.8 Å². The average Bonchev–Trinajstić information content (AvgIpc) is 2.75. The number of aliphatic hydroxyl groups is 1. The molecule has 0 spiro atoms. The molecule has 29 heavy (non-hydrogen) atoms. The van der Waals surface area contributed by atoms with E-state index < -0.39 is 0 Å². The molecule has 2 heterocycles. The van der Waals surface area contributed by atoms with Gasteiger partial charge in [0.25, 0.3) is 0 Å². The minimum absolute atomic E-state index is 0.0471. The summed E-state index contributed by atoms with van der Waals surface area (Å²) in [6, 6.07) is 6.11. The number of aliphatic hydroxyl groups excluding tert-OH is 1. The van der Waals surface area contributed by atoms with Crippen LogP contribution in [-0.2, 0) is 19.4 Å². The summed E-state index contributed by atoms with van der Waals surface area (Å²) in [5, 5.41) is 13.0. The zero-order valence-corrected chi connectivity index (χ0v) is 18.0. The third kappa shape index (κ3) is 4.72. The molecule has 2 aromatic rings. The Morgan fingerprint density at radius 1 is 1.10 bits per heavy atom. The lowest BCUT2D eigenvalue weighted by molar-refractivity contribution is 0.248. The molecule has 158 valence electrons. The molecule has 0 fully saturated rings. The number of aryl methyl sites for hydroxylation is 1. The van der Waals surface area contributed by atoms with Crippen molar-refractivity contribution >= 4 is 11.8 Å². The smallest absolute Gasteiger partial charge is 0.225 e.